The Hall–Kier alpha value is -2.48. The predicted molar refractivity (Wildman–Crippen MR) is 86.9 cm³/mol. The Balaban J connectivity index is 1.75. The molecule has 23 heavy (non-hydrogen) atoms. The number of rotatable bonds is 6. The Labute approximate surface area is 137 Å². The van der Waals surface area contributed by atoms with Crippen LogP contribution in [0.15, 0.2) is 23.7 Å². The van der Waals surface area contributed by atoms with Crippen LogP contribution in [0.25, 0.3) is 11.4 Å². The summed E-state index contributed by atoms with van der Waals surface area (Å²) in [5, 5.41) is 12.6. The Morgan fingerprint density at radius 1 is 1.17 bits per heavy atom. The first-order valence-electron chi connectivity index (χ1n) is 7.10. The molecule has 3 rings (SSSR count). The first kappa shape index (κ1) is 15.4. The third kappa shape index (κ3) is 3.31. The van der Waals surface area contributed by atoms with Crippen molar-refractivity contribution >= 4 is 11.3 Å². The van der Waals surface area contributed by atoms with Crippen LogP contribution in [0.2, 0.25) is 0 Å². The molecule has 7 nitrogen and oxygen atoms in total. The molecule has 0 amide bonds. The topological polar surface area (TPSA) is 75.0 Å². The van der Waals surface area contributed by atoms with E-state index >= 15 is 0 Å². The van der Waals surface area contributed by atoms with Crippen LogP contribution in [-0.4, -0.2) is 39.4 Å². The number of thiazole rings is 1. The number of hydrogen-bond donors (Lipinski definition) is 0. The van der Waals surface area contributed by atoms with E-state index in [4.69, 9.17) is 9.47 Å². The van der Waals surface area contributed by atoms with E-state index in [0.29, 0.717) is 23.9 Å². The van der Waals surface area contributed by atoms with Crippen molar-refractivity contribution in [2.45, 2.75) is 19.9 Å². The minimum Gasteiger partial charge on any atom is -0.493 e. The molecule has 0 spiro atoms. The van der Waals surface area contributed by atoms with Crippen molar-refractivity contribution in [3.63, 3.8) is 0 Å². The maximum absolute atomic E-state index is 5.30. The van der Waals surface area contributed by atoms with Gasteiger partial charge in [-0.05, 0) is 30.3 Å². The lowest BCUT2D eigenvalue weighted by molar-refractivity contribution is 0.355. The van der Waals surface area contributed by atoms with Gasteiger partial charge in [0.25, 0.3) is 0 Å². The molecule has 0 aliphatic rings. The van der Waals surface area contributed by atoms with Gasteiger partial charge in [0, 0.05) is 16.9 Å². The number of aryl methyl sites for hydroxylation is 3. The predicted octanol–water partition coefficient (Wildman–Crippen LogP) is 2.36. The van der Waals surface area contributed by atoms with Crippen molar-refractivity contribution in [2.75, 3.05) is 14.2 Å². The number of aromatic nitrogens is 5. The van der Waals surface area contributed by atoms with Gasteiger partial charge in [-0.2, -0.15) is 4.80 Å². The monoisotopic (exact) mass is 331 g/mol. The van der Waals surface area contributed by atoms with Gasteiger partial charge in [-0.1, -0.05) is 0 Å². The molecule has 0 bridgehead atoms. The highest BCUT2D eigenvalue weighted by molar-refractivity contribution is 7.09. The number of benzene rings is 1. The van der Waals surface area contributed by atoms with E-state index < -0.39 is 0 Å². The van der Waals surface area contributed by atoms with Crippen LogP contribution >= 0.6 is 11.3 Å². The number of hydrogen-bond acceptors (Lipinski definition) is 7. The van der Waals surface area contributed by atoms with E-state index in [-0.39, 0.29) is 0 Å². The van der Waals surface area contributed by atoms with Gasteiger partial charge in [0.05, 0.1) is 32.0 Å². The van der Waals surface area contributed by atoms with Crippen molar-refractivity contribution in [1.82, 2.24) is 25.2 Å². The molecule has 3 aromatic rings. The van der Waals surface area contributed by atoms with Crippen LogP contribution in [-0.2, 0) is 13.0 Å². The molecule has 0 atom stereocenters. The summed E-state index contributed by atoms with van der Waals surface area (Å²) < 4.78 is 10.5. The normalized spacial score (nSPS) is 10.7. The lowest BCUT2D eigenvalue weighted by Crippen LogP contribution is -2.05. The first-order chi connectivity index (χ1) is 11.2. The van der Waals surface area contributed by atoms with Crippen molar-refractivity contribution in [2.24, 2.45) is 0 Å². The van der Waals surface area contributed by atoms with Crippen LogP contribution in [0.3, 0.4) is 0 Å². The lowest BCUT2D eigenvalue weighted by atomic mass is 10.2. The number of methoxy groups -OCH3 is 2. The molecule has 8 heteroatoms. The Kier molecular flexibility index (Phi) is 4.52. The van der Waals surface area contributed by atoms with Gasteiger partial charge in [0.2, 0.25) is 5.82 Å². The largest absolute Gasteiger partial charge is 0.493 e. The molecule has 2 heterocycles. The second kappa shape index (κ2) is 6.74. The fraction of sp³-hybridized carbons (Fsp3) is 0.333. The van der Waals surface area contributed by atoms with Gasteiger partial charge in [-0.15, -0.1) is 21.5 Å². The molecular weight excluding hydrogens is 314 g/mol. The summed E-state index contributed by atoms with van der Waals surface area (Å²) in [4.78, 5) is 7.09. The molecule has 0 radical (unpaired) electrons. The van der Waals surface area contributed by atoms with Crippen LogP contribution in [0.1, 0.15) is 10.6 Å². The van der Waals surface area contributed by atoms with Crippen molar-refractivity contribution < 1.29 is 9.47 Å². The zero-order chi connectivity index (χ0) is 16.2. The third-order valence-corrected chi connectivity index (χ3v) is 4.47. The van der Waals surface area contributed by atoms with Crippen molar-refractivity contribution in [1.29, 1.82) is 0 Å². The fourth-order valence-electron chi connectivity index (χ4n) is 2.20. The zero-order valence-corrected chi connectivity index (χ0v) is 14.0. The Morgan fingerprint density at radius 2 is 2.00 bits per heavy atom. The Bertz CT molecular complexity index is 799. The van der Waals surface area contributed by atoms with Crippen LogP contribution in [0.4, 0.5) is 0 Å². The third-order valence-electron chi connectivity index (χ3n) is 3.48. The minimum absolute atomic E-state index is 0.562. The van der Waals surface area contributed by atoms with E-state index in [1.807, 2.05) is 30.6 Å². The average molecular weight is 331 g/mol. The summed E-state index contributed by atoms with van der Waals surface area (Å²) in [7, 11) is 3.21. The average Bonchev–Trinajstić information content (AvgIpc) is 3.21. The summed E-state index contributed by atoms with van der Waals surface area (Å²) in [6.45, 7) is 2.68. The van der Waals surface area contributed by atoms with Gasteiger partial charge in [0.1, 0.15) is 0 Å². The molecule has 0 saturated carbocycles. The SMILES string of the molecule is COc1ccc(-c2nnn(CCc3scnc3C)n2)cc1OC. The van der Waals surface area contributed by atoms with Crippen LogP contribution < -0.4 is 9.47 Å². The highest BCUT2D eigenvalue weighted by Gasteiger charge is 2.11. The lowest BCUT2D eigenvalue weighted by Gasteiger charge is -2.07. The first-order valence-corrected chi connectivity index (χ1v) is 7.98. The summed E-state index contributed by atoms with van der Waals surface area (Å²) in [6.07, 6.45) is 0.845. The zero-order valence-electron chi connectivity index (χ0n) is 13.2. The number of tetrazole rings is 1. The second-order valence-corrected chi connectivity index (χ2v) is 5.83. The molecule has 0 aliphatic carbocycles. The van der Waals surface area contributed by atoms with Crippen molar-refractivity contribution in [3.8, 4) is 22.9 Å². The molecule has 120 valence electrons. The summed E-state index contributed by atoms with van der Waals surface area (Å²) in [5.74, 6) is 1.87. The van der Waals surface area contributed by atoms with E-state index in [2.05, 4.69) is 20.4 Å². The summed E-state index contributed by atoms with van der Waals surface area (Å²) in [6, 6.07) is 5.55. The smallest absolute Gasteiger partial charge is 0.205 e. The maximum atomic E-state index is 5.30. The standard InChI is InChI=1S/C15H17N5O2S/c1-10-14(23-9-16-10)6-7-20-18-15(17-19-20)11-4-5-12(21-2)13(8-11)22-3/h4-5,8-9H,6-7H2,1-3H3. The van der Waals surface area contributed by atoms with E-state index in [1.54, 1.807) is 30.4 Å². The van der Waals surface area contributed by atoms with Crippen LogP contribution in [0.5, 0.6) is 11.5 Å². The van der Waals surface area contributed by atoms with E-state index in [9.17, 15) is 0 Å². The molecule has 0 fully saturated rings. The summed E-state index contributed by atoms with van der Waals surface area (Å²) >= 11 is 1.65. The molecule has 2 aromatic heterocycles. The van der Waals surface area contributed by atoms with Gasteiger partial charge in [-0.25, -0.2) is 4.98 Å². The molecule has 1 aromatic carbocycles. The van der Waals surface area contributed by atoms with Crippen LogP contribution in [0, 0.1) is 6.92 Å². The molecule has 0 saturated heterocycles. The van der Waals surface area contributed by atoms with E-state index in [1.165, 1.54) is 4.88 Å². The fourth-order valence-corrected chi connectivity index (χ4v) is 2.97. The molecule has 0 unspecified atom stereocenters. The van der Waals surface area contributed by atoms with E-state index in [0.717, 1.165) is 17.7 Å². The second-order valence-electron chi connectivity index (χ2n) is 4.89. The highest BCUT2D eigenvalue weighted by Crippen LogP contribution is 2.30. The quantitative estimate of drug-likeness (QED) is 0.690. The van der Waals surface area contributed by atoms with Crippen molar-refractivity contribution in [3.05, 3.63) is 34.3 Å². The molecule has 0 aliphatic heterocycles. The number of nitrogens with zero attached hydrogens (tertiary/aromatic N) is 5. The van der Waals surface area contributed by atoms with Gasteiger partial charge < -0.3 is 9.47 Å². The molecule has 0 N–H and O–H groups in total. The number of ether oxygens (including phenoxy) is 2. The highest BCUT2D eigenvalue weighted by atomic mass is 32.1. The van der Waals surface area contributed by atoms with Gasteiger partial charge >= 0.3 is 0 Å². The Morgan fingerprint density at radius 3 is 2.70 bits per heavy atom. The van der Waals surface area contributed by atoms with Gasteiger partial charge in [0.15, 0.2) is 11.5 Å². The minimum atomic E-state index is 0.562. The summed E-state index contributed by atoms with van der Waals surface area (Å²) in [5.41, 5.74) is 3.76. The maximum Gasteiger partial charge on any atom is 0.205 e. The van der Waals surface area contributed by atoms with Gasteiger partial charge in [-0.3, -0.25) is 0 Å². The molecular formula is C15H17N5O2S.